The van der Waals surface area contributed by atoms with Gasteiger partial charge in [-0.3, -0.25) is 15.1 Å². The third-order valence-corrected chi connectivity index (χ3v) is 6.17. The molecule has 0 spiro atoms. The molecule has 5 N–H and O–H groups in total. The van der Waals surface area contributed by atoms with Crippen LogP contribution in [0.5, 0.6) is 0 Å². The van der Waals surface area contributed by atoms with E-state index in [9.17, 15) is 4.79 Å². The summed E-state index contributed by atoms with van der Waals surface area (Å²) in [5.41, 5.74) is 11.2. The molecule has 0 aliphatic carbocycles. The number of amides is 1. The van der Waals surface area contributed by atoms with Crippen LogP contribution in [0.3, 0.4) is 0 Å². The number of hydrogen-bond acceptors (Lipinski definition) is 3. The molecule has 0 aromatic rings. The highest BCUT2D eigenvalue weighted by atomic mass is 16.1. The van der Waals surface area contributed by atoms with Crippen molar-refractivity contribution < 1.29 is 4.79 Å². The number of aliphatic imine (C=N–C) groups is 1. The van der Waals surface area contributed by atoms with Crippen LogP contribution in [0, 0.1) is 0 Å². The van der Waals surface area contributed by atoms with Crippen molar-refractivity contribution in [3.05, 3.63) is 0 Å². The van der Waals surface area contributed by atoms with E-state index in [1.807, 2.05) is 0 Å². The first-order valence-electron chi connectivity index (χ1n) is 14.0. The standard InChI is InChI=1S/C27H56N4O/c1-2-3-4-5-6-7-8-9-10-11-12-13-14-15-16-17-18-19-20-23-26(32)31-27(29)30-25-22-21-24-28/h2-25,28H2,1H3,(H3,29,30,31,32). The normalized spacial score (nSPS) is 11.8. The fraction of sp³-hybridized carbons (Fsp3) is 0.926. The molecule has 0 rings (SSSR count). The number of nitrogens with zero attached hydrogens (tertiary/aromatic N) is 1. The second kappa shape index (κ2) is 26.2. The van der Waals surface area contributed by atoms with E-state index in [4.69, 9.17) is 11.5 Å². The number of guanidine groups is 1. The third kappa shape index (κ3) is 25.2. The van der Waals surface area contributed by atoms with Gasteiger partial charge in [-0.15, -0.1) is 0 Å². The minimum atomic E-state index is -0.0166. The fourth-order valence-corrected chi connectivity index (χ4v) is 4.06. The highest BCUT2D eigenvalue weighted by Crippen LogP contribution is 2.14. The Labute approximate surface area is 200 Å². The minimum Gasteiger partial charge on any atom is -0.370 e. The van der Waals surface area contributed by atoms with Crippen LogP contribution >= 0.6 is 0 Å². The van der Waals surface area contributed by atoms with Crippen LogP contribution in [0.1, 0.15) is 148 Å². The monoisotopic (exact) mass is 452 g/mol. The maximum atomic E-state index is 11.8. The Morgan fingerprint density at radius 3 is 1.44 bits per heavy atom. The molecule has 0 fully saturated rings. The van der Waals surface area contributed by atoms with E-state index in [-0.39, 0.29) is 11.9 Å². The molecular weight excluding hydrogens is 396 g/mol. The Morgan fingerprint density at radius 2 is 1.03 bits per heavy atom. The SMILES string of the molecule is CCCCCCCCCCCCCCCCCCCCCC(=O)NC(N)=NCCCCN. The van der Waals surface area contributed by atoms with Gasteiger partial charge in [0.1, 0.15) is 0 Å². The molecule has 0 aromatic heterocycles. The molecule has 5 nitrogen and oxygen atoms in total. The summed E-state index contributed by atoms with van der Waals surface area (Å²) < 4.78 is 0. The fourth-order valence-electron chi connectivity index (χ4n) is 4.06. The topological polar surface area (TPSA) is 93.5 Å². The summed E-state index contributed by atoms with van der Waals surface area (Å²) >= 11 is 0. The summed E-state index contributed by atoms with van der Waals surface area (Å²) in [5.74, 6) is 0.224. The zero-order chi connectivity index (χ0) is 23.5. The summed E-state index contributed by atoms with van der Waals surface area (Å²) in [6, 6.07) is 0. The van der Waals surface area contributed by atoms with Crippen LogP contribution in [0.15, 0.2) is 4.99 Å². The van der Waals surface area contributed by atoms with Gasteiger partial charge in [0.15, 0.2) is 5.96 Å². The highest BCUT2D eigenvalue weighted by molar-refractivity contribution is 5.96. The van der Waals surface area contributed by atoms with E-state index < -0.39 is 0 Å². The Balaban J connectivity index is 3.24. The van der Waals surface area contributed by atoms with Gasteiger partial charge in [-0.05, 0) is 25.8 Å². The van der Waals surface area contributed by atoms with Gasteiger partial charge >= 0.3 is 0 Å². The number of rotatable bonds is 24. The molecular formula is C27H56N4O. The number of hydrogen-bond donors (Lipinski definition) is 3. The molecule has 190 valence electrons. The van der Waals surface area contributed by atoms with Crippen molar-refractivity contribution in [1.29, 1.82) is 0 Å². The maximum absolute atomic E-state index is 11.8. The van der Waals surface area contributed by atoms with Crippen molar-refractivity contribution in [3.63, 3.8) is 0 Å². The second-order valence-corrected chi connectivity index (χ2v) is 9.42. The summed E-state index contributed by atoms with van der Waals surface area (Å²) in [5, 5.41) is 2.67. The average molecular weight is 453 g/mol. The molecule has 0 bridgehead atoms. The number of carbonyl (C=O) groups excluding carboxylic acids is 1. The van der Waals surface area contributed by atoms with Crippen molar-refractivity contribution in [2.45, 2.75) is 148 Å². The quantitative estimate of drug-likeness (QED) is 0.0837. The number of carbonyl (C=O) groups is 1. The summed E-state index contributed by atoms with van der Waals surface area (Å²) in [4.78, 5) is 16.0. The van der Waals surface area contributed by atoms with Gasteiger partial charge in [0.25, 0.3) is 0 Å². The highest BCUT2D eigenvalue weighted by Gasteiger charge is 2.03. The van der Waals surface area contributed by atoms with Gasteiger partial charge in [0, 0.05) is 13.0 Å². The lowest BCUT2D eigenvalue weighted by atomic mass is 10.0. The Kier molecular flexibility index (Phi) is 25.3. The van der Waals surface area contributed by atoms with Crippen molar-refractivity contribution in [1.82, 2.24) is 5.32 Å². The Bertz CT molecular complexity index is 426. The van der Waals surface area contributed by atoms with Crippen molar-refractivity contribution in [2.75, 3.05) is 13.1 Å². The van der Waals surface area contributed by atoms with Crippen molar-refractivity contribution >= 4 is 11.9 Å². The van der Waals surface area contributed by atoms with Crippen LogP contribution in [0.4, 0.5) is 0 Å². The smallest absolute Gasteiger partial charge is 0.226 e. The molecule has 1 amide bonds. The average Bonchev–Trinajstić information content (AvgIpc) is 2.78. The molecule has 0 heterocycles. The van der Waals surface area contributed by atoms with Crippen LogP contribution in [-0.4, -0.2) is 25.0 Å². The van der Waals surface area contributed by atoms with Gasteiger partial charge in [-0.1, -0.05) is 122 Å². The zero-order valence-corrected chi connectivity index (χ0v) is 21.5. The first-order valence-corrected chi connectivity index (χ1v) is 14.0. The van der Waals surface area contributed by atoms with Gasteiger partial charge < -0.3 is 11.5 Å². The van der Waals surface area contributed by atoms with Gasteiger partial charge in [-0.2, -0.15) is 0 Å². The van der Waals surface area contributed by atoms with Gasteiger partial charge in [0.05, 0.1) is 0 Å². The lowest BCUT2D eigenvalue weighted by molar-refractivity contribution is -0.119. The predicted molar refractivity (Wildman–Crippen MR) is 141 cm³/mol. The van der Waals surface area contributed by atoms with E-state index >= 15 is 0 Å². The zero-order valence-electron chi connectivity index (χ0n) is 21.5. The first kappa shape index (κ1) is 30.9. The van der Waals surface area contributed by atoms with Crippen molar-refractivity contribution in [3.8, 4) is 0 Å². The molecule has 0 aliphatic rings. The lowest BCUT2D eigenvalue weighted by Crippen LogP contribution is -2.36. The van der Waals surface area contributed by atoms with Crippen molar-refractivity contribution in [2.24, 2.45) is 16.5 Å². The summed E-state index contributed by atoms with van der Waals surface area (Å²) in [7, 11) is 0. The predicted octanol–water partition coefficient (Wildman–Crippen LogP) is 6.98. The summed E-state index contributed by atoms with van der Waals surface area (Å²) in [6.45, 7) is 3.58. The molecule has 0 aliphatic heterocycles. The van der Waals surface area contributed by atoms with E-state index in [1.54, 1.807) is 0 Å². The van der Waals surface area contributed by atoms with Crippen LogP contribution in [0.25, 0.3) is 0 Å². The molecule has 0 saturated heterocycles. The second-order valence-electron chi connectivity index (χ2n) is 9.42. The maximum Gasteiger partial charge on any atom is 0.226 e. The lowest BCUT2D eigenvalue weighted by Gasteiger charge is -2.05. The van der Waals surface area contributed by atoms with Crippen LogP contribution in [0.2, 0.25) is 0 Å². The van der Waals surface area contributed by atoms with E-state index in [2.05, 4.69) is 17.2 Å². The molecule has 0 unspecified atom stereocenters. The number of nitrogens with one attached hydrogen (secondary N) is 1. The van der Waals surface area contributed by atoms with E-state index in [0.29, 0.717) is 19.5 Å². The van der Waals surface area contributed by atoms with Gasteiger partial charge in [0.2, 0.25) is 5.91 Å². The van der Waals surface area contributed by atoms with Crippen LogP contribution < -0.4 is 16.8 Å². The summed E-state index contributed by atoms with van der Waals surface area (Å²) in [6.07, 6.45) is 28.2. The Hall–Kier alpha value is -1.10. The molecule has 0 saturated carbocycles. The molecule has 5 heteroatoms. The molecule has 32 heavy (non-hydrogen) atoms. The minimum absolute atomic E-state index is 0.0166. The van der Waals surface area contributed by atoms with E-state index in [0.717, 1.165) is 25.7 Å². The third-order valence-electron chi connectivity index (χ3n) is 6.17. The van der Waals surface area contributed by atoms with Gasteiger partial charge in [-0.25, -0.2) is 0 Å². The van der Waals surface area contributed by atoms with E-state index in [1.165, 1.54) is 109 Å². The molecule has 0 radical (unpaired) electrons. The molecule has 0 atom stereocenters. The largest absolute Gasteiger partial charge is 0.370 e. The number of nitrogens with two attached hydrogens (primary N) is 2. The number of unbranched alkanes of at least 4 members (excludes halogenated alkanes) is 19. The Morgan fingerprint density at radius 1 is 0.625 bits per heavy atom. The first-order chi connectivity index (χ1) is 15.7. The van der Waals surface area contributed by atoms with Crippen LogP contribution in [-0.2, 0) is 4.79 Å². The molecule has 0 aromatic carbocycles.